The Morgan fingerprint density at radius 3 is 2.58 bits per heavy atom. The first-order valence-electron chi connectivity index (χ1n) is 8.44. The van der Waals surface area contributed by atoms with Gasteiger partial charge in [0.25, 0.3) is 5.91 Å². The number of hydrogen-bond acceptors (Lipinski definition) is 4. The van der Waals surface area contributed by atoms with Crippen molar-refractivity contribution < 1.29 is 4.79 Å². The first-order valence-corrected chi connectivity index (χ1v) is 9.66. The summed E-state index contributed by atoms with van der Waals surface area (Å²) >= 11 is 1.61. The highest BCUT2D eigenvalue weighted by Crippen LogP contribution is 2.27. The number of anilines is 2. The van der Waals surface area contributed by atoms with Gasteiger partial charge >= 0.3 is 0 Å². The number of nitrogens with one attached hydrogen (secondary N) is 2. The topological polar surface area (TPSA) is 59.0 Å². The molecule has 0 spiro atoms. The number of rotatable bonds is 6. The smallest absolute Gasteiger partial charge is 0.253 e. The van der Waals surface area contributed by atoms with Crippen LogP contribution in [0.2, 0.25) is 0 Å². The molecule has 0 atom stereocenters. The van der Waals surface area contributed by atoms with Gasteiger partial charge in [-0.05, 0) is 50.4 Å². The zero-order valence-corrected chi connectivity index (χ0v) is 15.9. The molecule has 5 nitrogen and oxygen atoms in total. The van der Waals surface area contributed by atoms with Crippen molar-refractivity contribution in [3.05, 3.63) is 66.4 Å². The second kappa shape index (κ2) is 8.10. The summed E-state index contributed by atoms with van der Waals surface area (Å²) in [6.07, 6.45) is 3.73. The Kier molecular flexibility index (Phi) is 5.63. The van der Waals surface area contributed by atoms with Crippen LogP contribution in [-0.4, -0.2) is 28.0 Å². The third-order valence-corrected chi connectivity index (χ3v) is 4.52. The summed E-state index contributed by atoms with van der Waals surface area (Å²) in [7, 11) is 0. The molecule has 3 rings (SSSR count). The number of carbonyl (C=O) groups excluding carboxylic acids is 1. The van der Waals surface area contributed by atoms with Gasteiger partial charge in [-0.25, -0.2) is 4.68 Å². The number of nitrogens with zero attached hydrogens (tertiary/aromatic N) is 2. The molecule has 2 N–H and O–H groups in total. The van der Waals surface area contributed by atoms with Crippen LogP contribution in [0.25, 0.3) is 5.69 Å². The molecule has 2 aromatic carbocycles. The summed E-state index contributed by atoms with van der Waals surface area (Å²) in [5, 5.41) is 10.7. The lowest BCUT2D eigenvalue weighted by atomic mass is 10.1. The summed E-state index contributed by atoms with van der Waals surface area (Å²) in [5.41, 5.74) is 2.32. The minimum Gasteiger partial charge on any atom is -0.350 e. The highest BCUT2D eigenvalue weighted by molar-refractivity contribution is 7.98. The van der Waals surface area contributed by atoms with Crippen LogP contribution < -0.4 is 10.6 Å². The van der Waals surface area contributed by atoms with Gasteiger partial charge in [0.05, 0.1) is 23.1 Å². The van der Waals surface area contributed by atoms with Crippen LogP contribution in [0.5, 0.6) is 0 Å². The maximum Gasteiger partial charge on any atom is 0.253 e. The van der Waals surface area contributed by atoms with Crippen molar-refractivity contribution in [1.29, 1.82) is 0 Å². The molecule has 6 heteroatoms. The Balaban J connectivity index is 1.96. The number of benzene rings is 2. The molecule has 0 aliphatic carbocycles. The van der Waals surface area contributed by atoms with Gasteiger partial charge in [0.1, 0.15) is 5.82 Å². The van der Waals surface area contributed by atoms with Gasteiger partial charge in [0.15, 0.2) is 0 Å². The van der Waals surface area contributed by atoms with Gasteiger partial charge in [-0.1, -0.05) is 18.2 Å². The summed E-state index contributed by atoms with van der Waals surface area (Å²) in [6, 6.07) is 17.7. The van der Waals surface area contributed by atoms with Crippen molar-refractivity contribution in [3.8, 4) is 5.69 Å². The highest BCUT2D eigenvalue weighted by atomic mass is 32.2. The maximum absolute atomic E-state index is 12.6. The van der Waals surface area contributed by atoms with Gasteiger partial charge in [-0.3, -0.25) is 4.79 Å². The van der Waals surface area contributed by atoms with Crippen molar-refractivity contribution in [3.63, 3.8) is 0 Å². The third-order valence-electron chi connectivity index (χ3n) is 3.80. The van der Waals surface area contributed by atoms with E-state index in [-0.39, 0.29) is 11.9 Å². The molecule has 1 amide bonds. The van der Waals surface area contributed by atoms with Crippen molar-refractivity contribution in [2.75, 3.05) is 11.6 Å². The summed E-state index contributed by atoms with van der Waals surface area (Å²) in [4.78, 5) is 13.7. The predicted molar refractivity (Wildman–Crippen MR) is 108 cm³/mol. The van der Waals surface area contributed by atoms with Gasteiger partial charge < -0.3 is 10.6 Å². The fraction of sp³-hybridized carbons (Fsp3) is 0.200. The zero-order valence-electron chi connectivity index (χ0n) is 15.1. The molecule has 26 heavy (non-hydrogen) atoms. The molecule has 134 valence electrons. The number of para-hydroxylation sites is 1. The molecule has 0 fully saturated rings. The highest BCUT2D eigenvalue weighted by Gasteiger charge is 2.15. The molecule has 0 unspecified atom stereocenters. The quantitative estimate of drug-likeness (QED) is 0.632. The number of aromatic nitrogens is 2. The van der Waals surface area contributed by atoms with E-state index < -0.39 is 0 Å². The number of hydrogen-bond donors (Lipinski definition) is 2. The minimum absolute atomic E-state index is 0.0723. The lowest BCUT2D eigenvalue weighted by Gasteiger charge is -2.16. The van der Waals surface area contributed by atoms with Crippen LogP contribution in [0.15, 0.2) is 65.7 Å². The summed E-state index contributed by atoms with van der Waals surface area (Å²) in [5.74, 6) is 0.705. The predicted octanol–water partition coefficient (Wildman–Crippen LogP) is 4.48. The molecule has 0 radical (unpaired) electrons. The molecular formula is C20H22N4OS. The zero-order chi connectivity index (χ0) is 18.5. The van der Waals surface area contributed by atoms with Crippen molar-refractivity contribution in [2.24, 2.45) is 0 Å². The van der Waals surface area contributed by atoms with Gasteiger partial charge in [-0.15, -0.1) is 11.8 Å². The van der Waals surface area contributed by atoms with Crippen LogP contribution in [0.1, 0.15) is 24.2 Å². The Labute approximate surface area is 157 Å². The van der Waals surface area contributed by atoms with E-state index in [0.717, 1.165) is 22.1 Å². The van der Waals surface area contributed by atoms with E-state index in [0.29, 0.717) is 5.56 Å². The second-order valence-corrected chi connectivity index (χ2v) is 7.01. The van der Waals surface area contributed by atoms with Crippen LogP contribution in [-0.2, 0) is 0 Å². The van der Waals surface area contributed by atoms with E-state index in [1.165, 1.54) is 0 Å². The molecule has 0 aliphatic rings. The molecule has 0 bridgehead atoms. The first-order chi connectivity index (χ1) is 12.6. The summed E-state index contributed by atoms with van der Waals surface area (Å²) in [6.45, 7) is 3.90. The van der Waals surface area contributed by atoms with Crippen LogP contribution in [0.3, 0.4) is 0 Å². The fourth-order valence-electron chi connectivity index (χ4n) is 2.60. The van der Waals surface area contributed by atoms with E-state index in [4.69, 9.17) is 0 Å². The number of carbonyl (C=O) groups is 1. The number of thioether (sulfide) groups is 1. The first kappa shape index (κ1) is 18.1. The van der Waals surface area contributed by atoms with Crippen LogP contribution in [0, 0.1) is 0 Å². The maximum atomic E-state index is 12.6. The van der Waals surface area contributed by atoms with Crippen LogP contribution >= 0.6 is 11.8 Å². The number of amides is 1. The van der Waals surface area contributed by atoms with E-state index in [1.807, 2.05) is 79.4 Å². The van der Waals surface area contributed by atoms with Crippen molar-refractivity contribution in [2.45, 2.75) is 24.8 Å². The standard InChI is InChI=1S/C20H22N4OS/c1-14(2)22-20(25)17-13-16(26-3)9-10-18(17)23-19-11-12-21-24(19)15-7-5-4-6-8-15/h4-14,23H,1-3H3,(H,22,25). The molecule has 1 aromatic heterocycles. The average molecular weight is 366 g/mol. The Morgan fingerprint density at radius 2 is 1.88 bits per heavy atom. The van der Waals surface area contributed by atoms with E-state index in [9.17, 15) is 4.79 Å². The normalized spacial score (nSPS) is 10.8. The molecule has 0 saturated carbocycles. The monoisotopic (exact) mass is 366 g/mol. The van der Waals surface area contributed by atoms with E-state index in [2.05, 4.69) is 15.7 Å². The largest absolute Gasteiger partial charge is 0.350 e. The average Bonchev–Trinajstić information content (AvgIpc) is 3.10. The Morgan fingerprint density at radius 1 is 1.12 bits per heavy atom. The third kappa shape index (κ3) is 4.08. The lowest BCUT2D eigenvalue weighted by Crippen LogP contribution is -2.30. The molecule has 1 heterocycles. The molecule has 0 aliphatic heterocycles. The Hall–Kier alpha value is -2.73. The van der Waals surface area contributed by atoms with E-state index >= 15 is 0 Å². The van der Waals surface area contributed by atoms with E-state index in [1.54, 1.807) is 18.0 Å². The molecule has 3 aromatic rings. The van der Waals surface area contributed by atoms with Gasteiger partial charge in [0.2, 0.25) is 0 Å². The van der Waals surface area contributed by atoms with Crippen LogP contribution in [0.4, 0.5) is 11.5 Å². The fourth-order valence-corrected chi connectivity index (χ4v) is 3.04. The van der Waals surface area contributed by atoms with Gasteiger partial charge in [-0.2, -0.15) is 5.10 Å². The van der Waals surface area contributed by atoms with Gasteiger partial charge in [0, 0.05) is 17.0 Å². The minimum atomic E-state index is -0.0934. The molecule has 0 saturated heterocycles. The SMILES string of the molecule is CSc1ccc(Nc2ccnn2-c2ccccc2)c(C(=O)NC(C)C)c1. The second-order valence-electron chi connectivity index (χ2n) is 6.13. The lowest BCUT2D eigenvalue weighted by molar-refractivity contribution is 0.0944. The molecular weight excluding hydrogens is 344 g/mol. The Bertz CT molecular complexity index is 890. The summed E-state index contributed by atoms with van der Waals surface area (Å²) < 4.78 is 1.81. The van der Waals surface area contributed by atoms with Crippen molar-refractivity contribution in [1.82, 2.24) is 15.1 Å². The van der Waals surface area contributed by atoms with Crippen molar-refractivity contribution >= 4 is 29.2 Å².